The Morgan fingerprint density at radius 2 is 1.66 bits per heavy atom. The Bertz CT molecular complexity index is 1390. The second-order valence-corrected chi connectivity index (χ2v) is 7.07. The third-order valence-electron chi connectivity index (χ3n) is 4.55. The molecule has 4 nitrogen and oxygen atoms in total. The molecular formula is C23H11ClF4O4. The van der Waals surface area contributed by atoms with Gasteiger partial charge in [0.05, 0.1) is 16.5 Å². The Kier molecular flexibility index (Phi) is 5.48. The van der Waals surface area contributed by atoms with E-state index < -0.39 is 40.3 Å². The fourth-order valence-electron chi connectivity index (χ4n) is 3.10. The molecule has 0 bridgehead atoms. The van der Waals surface area contributed by atoms with E-state index >= 15 is 0 Å². The van der Waals surface area contributed by atoms with Crippen molar-refractivity contribution < 1.29 is 31.5 Å². The van der Waals surface area contributed by atoms with Crippen molar-refractivity contribution in [3.8, 4) is 16.9 Å². The van der Waals surface area contributed by atoms with Crippen LogP contribution in [0.4, 0.5) is 17.6 Å². The predicted octanol–water partition coefficient (Wildman–Crippen LogP) is 6.49. The van der Waals surface area contributed by atoms with E-state index in [1.165, 1.54) is 48.5 Å². The van der Waals surface area contributed by atoms with Crippen LogP contribution in [0.3, 0.4) is 0 Å². The number of hydrogen-bond acceptors (Lipinski definition) is 4. The predicted molar refractivity (Wildman–Crippen MR) is 109 cm³/mol. The molecule has 0 N–H and O–H groups in total. The first-order chi connectivity index (χ1) is 15.1. The van der Waals surface area contributed by atoms with Crippen LogP contribution < -0.4 is 10.2 Å². The smallest absolute Gasteiger partial charge is 0.450 e. The van der Waals surface area contributed by atoms with E-state index in [9.17, 15) is 27.2 Å². The molecule has 9 heteroatoms. The average molecular weight is 463 g/mol. The SMILES string of the molecule is O=C(Oc1ccc2c(=O)c(-c3ccccc3Cl)c(C(F)(F)F)oc2c1)c1ccc(F)cc1. The average Bonchev–Trinajstić information content (AvgIpc) is 2.74. The van der Waals surface area contributed by atoms with Gasteiger partial charge in [0.2, 0.25) is 11.2 Å². The summed E-state index contributed by atoms with van der Waals surface area (Å²) >= 11 is 6.03. The molecule has 1 aromatic heterocycles. The third-order valence-corrected chi connectivity index (χ3v) is 4.88. The minimum Gasteiger partial charge on any atom is -0.450 e. The molecular weight excluding hydrogens is 452 g/mol. The summed E-state index contributed by atoms with van der Waals surface area (Å²) in [6.07, 6.45) is -5.00. The molecule has 0 unspecified atom stereocenters. The van der Waals surface area contributed by atoms with Gasteiger partial charge in [-0.2, -0.15) is 13.2 Å². The highest BCUT2D eigenvalue weighted by Crippen LogP contribution is 2.39. The molecule has 0 aliphatic carbocycles. The van der Waals surface area contributed by atoms with Crippen LogP contribution in [0.25, 0.3) is 22.1 Å². The maximum Gasteiger partial charge on any atom is 0.450 e. The first kappa shape index (κ1) is 21.6. The number of carbonyl (C=O) groups excluding carboxylic acids is 1. The van der Waals surface area contributed by atoms with E-state index in [1.807, 2.05) is 0 Å². The minimum absolute atomic E-state index is 0.0259. The van der Waals surface area contributed by atoms with Gasteiger partial charge >= 0.3 is 12.1 Å². The van der Waals surface area contributed by atoms with Gasteiger partial charge in [-0.05, 0) is 42.5 Å². The van der Waals surface area contributed by atoms with Gasteiger partial charge < -0.3 is 9.15 Å². The van der Waals surface area contributed by atoms with Crippen LogP contribution in [0, 0.1) is 5.82 Å². The van der Waals surface area contributed by atoms with Crippen molar-refractivity contribution in [2.45, 2.75) is 6.18 Å². The van der Waals surface area contributed by atoms with E-state index in [-0.39, 0.29) is 27.3 Å². The van der Waals surface area contributed by atoms with Gasteiger partial charge in [-0.25, -0.2) is 9.18 Å². The number of halogens is 5. The molecule has 0 fully saturated rings. The number of ether oxygens (including phenoxy) is 1. The number of rotatable bonds is 3. The second-order valence-electron chi connectivity index (χ2n) is 6.67. The molecule has 0 saturated heterocycles. The molecule has 0 aliphatic heterocycles. The summed E-state index contributed by atoms with van der Waals surface area (Å²) in [5.41, 5.74) is -2.18. The maximum atomic E-state index is 13.7. The summed E-state index contributed by atoms with van der Waals surface area (Å²) in [6.45, 7) is 0. The number of alkyl halides is 3. The number of carbonyl (C=O) groups is 1. The van der Waals surface area contributed by atoms with Crippen molar-refractivity contribution in [1.82, 2.24) is 0 Å². The zero-order chi connectivity index (χ0) is 23.0. The number of esters is 1. The van der Waals surface area contributed by atoms with E-state index in [0.717, 1.165) is 18.2 Å². The van der Waals surface area contributed by atoms with E-state index in [1.54, 1.807) is 0 Å². The lowest BCUT2D eigenvalue weighted by Crippen LogP contribution is -2.16. The summed E-state index contributed by atoms with van der Waals surface area (Å²) in [7, 11) is 0. The van der Waals surface area contributed by atoms with Gasteiger partial charge in [0.25, 0.3) is 0 Å². The third kappa shape index (κ3) is 4.09. The molecule has 0 radical (unpaired) electrons. The Labute approximate surface area is 182 Å². The Morgan fingerprint density at radius 1 is 0.969 bits per heavy atom. The summed E-state index contributed by atoms with van der Waals surface area (Å²) in [4.78, 5) is 25.2. The van der Waals surface area contributed by atoms with E-state index in [0.29, 0.717) is 0 Å². The van der Waals surface area contributed by atoms with Crippen molar-refractivity contribution in [3.05, 3.63) is 99.1 Å². The van der Waals surface area contributed by atoms with Crippen LogP contribution in [0.5, 0.6) is 5.75 Å². The molecule has 1 heterocycles. The van der Waals surface area contributed by atoms with Crippen molar-refractivity contribution in [2.75, 3.05) is 0 Å². The molecule has 0 saturated carbocycles. The molecule has 32 heavy (non-hydrogen) atoms. The molecule has 3 aromatic carbocycles. The molecule has 4 rings (SSSR count). The number of fused-ring (bicyclic) bond motifs is 1. The highest BCUT2D eigenvalue weighted by Gasteiger charge is 2.39. The zero-order valence-electron chi connectivity index (χ0n) is 15.9. The number of hydrogen-bond donors (Lipinski definition) is 0. The highest BCUT2D eigenvalue weighted by molar-refractivity contribution is 6.33. The first-order valence-electron chi connectivity index (χ1n) is 9.06. The fraction of sp³-hybridized carbons (Fsp3) is 0.0435. The second kappa shape index (κ2) is 8.12. The van der Waals surface area contributed by atoms with Crippen molar-refractivity contribution in [3.63, 3.8) is 0 Å². The summed E-state index contributed by atoms with van der Waals surface area (Å²) < 4.78 is 64.4. The lowest BCUT2D eigenvalue weighted by molar-refractivity contribution is -0.152. The van der Waals surface area contributed by atoms with Crippen LogP contribution in [0.2, 0.25) is 5.02 Å². The molecule has 0 atom stereocenters. The quantitative estimate of drug-likeness (QED) is 0.198. The number of benzene rings is 3. The van der Waals surface area contributed by atoms with Gasteiger partial charge in [-0.3, -0.25) is 4.79 Å². The largest absolute Gasteiger partial charge is 0.450 e. The van der Waals surface area contributed by atoms with E-state index in [4.69, 9.17) is 20.8 Å². The van der Waals surface area contributed by atoms with Crippen LogP contribution in [0.1, 0.15) is 16.1 Å². The Hall–Kier alpha value is -3.65. The van der Waals surface area contributed by atoms with Crippen LogP contribution in [0.15, 0.2) is 75.9 Å². The van der Waals surface area contributed by atoms with Gasteiger partial charge in [0.15, 0.2) is 0 Å². The Balaban J connectivity index is 1.83. The molecule has 0 amide bonds. The van der Waals surface area contributed by atoms with Gasteiger partial charge in [0.1, 0.15) is 17.1 Å². The van der Waals surface area contributed by atoms with Crippen LogP contribution in [-0.4, -0.2) is 5.97 Å². The zero-order valence-corrected chi connectivity index (χ0v) is 16.6. The first-order valence-corrected chi connectivity index (χ1v) is 9.43. The minimum atomic E-state index is -5.00. The van der Waals surface area contributed by atoms with Gasteiger partial charge in [0, 0.05) is 16.7 Å². The lowest BCUT2D eigenvalue weighted by Gasteiger charge is -2.14. The van der Waals surface area contributed by atoms with E-state index in [2.05, 4.69) is 0 Å². The lowest BCUT2D eigenvalue weighted by atomic mass is 10.0. The topological polar surface area (TPSA) is 56.5 Å². The van der Waals surface area contributed by atoms with Gasteiger partial charge in [-0.15, -0.1) is 0 Å². The van der Waals surface area contributed by atoms with Crippen molar-refractivity contribution >= 4 is 28.5 Å². The summed E-state index contributed by atoms with van der Waals surface area (Å²) in [5, 5.41) is -0.205. The van der Waals surface area contributed by atoms with Crippen LogP contribution in [-0.2, 0) is 6.18 Å². The normalized spacial score (nSPS) is 11.5. The van der Waals surface area contributed by atoms with Crippen molar-refractivity contribution in [2.24, 2.45) is 0 Å². The molecule has 4 aromatic rings. The molecule has 0 spiro atoms. The molecule has 162 valence electrons. The fourth-order valence-corrected chi connectivity index (χ4v) is 3.33. The standard InChI is InChI=1S/C23H11ClF4O4/c24-17-4-2-1-3-15(17)19-20(29)16-10-9-14(11-18(16)32-21(19)23(26,27)28)31-22(30)12-5-7-13(25)8-6-12/h1-11H. The maximum absolute atomic E-state index is 13.7. The summed E-state index contributed by atoms with van der Waals surface area (Å²) in [6, 6.07) is 13.5. The summed E-state index contributed by atoms with van der Waals surface area (Å²) in [5.74, 6) is -3.10. The highest BCUT2D eigenvalue weighted by atomic mass is 35.5. The Morgan fingerprint density at radius 3 is 2.31 bits per heavy atom. The van der Waals surface area contributed by atoms with Crippen LogP contribution >= 0.6 is 11.6 Å². The monoisotopic (exact) mass is 462 g/mol. The molecule has 0 aliphatic rings. The van der Waals surface area contributed by atoms with Crippen molar-refractivity contribution in [1.29, 1.82) is 0 Å². The van der Waals surface area contributed by atoms with Gasteiger partial charge in [-0.1, -0.05) is 29.8 Å².